The molecule has 1 heterocycles. The molecule has 88 valence electrons. The van der Waals surface area contributed by atoms with E-state index in [0.29, 0.717) is 0 Å². The van der Waals surface area contributed by atoms with E-state index in [1.807, 2.05) is 61.7 Å². The van der Waals surface area contributed by atoms with Gasteiger partial charge in [-0.1, -0.05) is 36.4 Å². The lowest BCUT2D eigenvalue weighted by Crippen LogP contribution is -2.40. The van der Waals surface area contributed by atoms with Crippen molar-refractivity contribution in [3.8, 4) is 0 Å². The summed E-state index contributed by atoms with van der Waals surface area (Å²) in [6, 6.07) is 13.7. The van der Waals surface area contributed by atoms with E-state index in [1.165, 1.54) is 11.3 Å². The summed E-state index contributed by atoms with van der Waals surface area (Å²) in [5, 5.41) is 4.95. The second-order valence-corrected chi connectivity index (χ2v) is 5.37. The first-order valence-corrected chi connectivity index (χ1v) is 6.39. The minimum Gasteiger partial charge on any atom is -0.342 e. The molecule has 1 N–H and O–H groups in total. The monoisotopic (exact) mass is 245 g/mol. The summed E-state index contributed by atoms with van der Waals surface area (Å²) in [5.74, 6) is -0.0196. The van der Waals surface area contributed by atoms with Crippen molar-refractivity contribution in [2.75, 3.05) is 0 Å². The van der Waals surface area contributed by atoms with Crippen molar-refractivity contribution in [3.05, 3.63) is 58.3 Å². The van der Waals surface area contributed by atoms with Crippen LogP contribution >= 0.6 is 11.3 Å². The van der Waals surface area contributed by atoms with Gasteiger partial charge in [0.25, 0.3) is 5.91 Å². The normalized spacial score (nSPS) is 11.2. The van der Waals surface area contributed by atoms with Gasteiger partial charge in [0.1, 0.15) is 0 Å². The lowest BCUT2D eigenvalue weighted by Gasteiger charge is -2.26. The molecule has 1 amide bonds. The Morgan fingerprint density at radius 3 is 2.41 bits per heavy atom. The van der Waals surface area contributed by atoms with Crippen LogP contribution < -0.4 is 5.32 Å². The molecule has 0 aliphatic rings. The molecule has 0 spiro atoms. The minimum atomic E-state index is -0.359. The molecule has 17 heavy (non-hydrogen) atoms. The first-order chi connectivity index (χ1) is 8.09. The average Bonchev–Trinajstić information content (AvgIpc) is 2.83. The van der Waals surface area contributed by atoms with Gasteiger partial charge in [0.15, 0.2) is 0 Å². The largest absolute Gasteiger partial charge is 0.342 e. The van der Waals surface area contributed by atoms with E-state index < -0.39 is 0 Å². The highest BCUT2D eigenvalue weighted by Crippen LogP contribution is 2.20. The van der Waals surface area contributed by atoms with Gasteiger partial charge in [0.05, 0.1) is 10.4 Å². The first-order valence-electron chi connectivity index (χ1n) is 5.51. The third kappa shape index (κ3) is 2.74. The smallest absolute Gasteiger partial charge is 0.262 e. The highest BCUT2D eigenvalue weighted by Gasteiger charge is 2.23. The Morgan fingerprint density at radius 1 is 1.12 bits per heavy atom. The van der Waals surface area contributed by atoms with Crippen molar-refractivity contribution in [3.63, 3.8) is 0 Å². The summed E-state index contributed by atoms with van der Waals surface area (Å²) in [4.78, 5) is 12.7. The van der Waals surface area contributed by atoms with Gasteiger partial charge in [-0.3, -0.25) is 4.79 Å². The summed E-state index contributed by atoms with van der Waals surface area (Å²) in [6.07, 6.45) is 0. The molecule has 0 bridgehead atoms. The zero-order valence-corrected chi connectivity index (χ0v) is 10.8. The fourth-order valence-corrected chi connectivity index (χ4v) is 2.30. The molecule has 0 saturated carbocycles. The SMILES string of the molecule is CC(C)(NC(=O)c1cccs1)c1ccccc1. The summed E-state index contributed by atoms with van der Waals surface area (Å²) in [5.41, 5.74) is 0.743. The van der Waals surface area contributed by atoms with Crippen molar-refractivity contribution in [1.29, 1.82) is 0 Å². The quantitative estimate of drug-likeness (QED) is 0.882. The predicted octanol–water partition coefficient (Wildman–Crippen LogP) is 3.41. The van der Waals surface area contributed by atoms with E-state index in [2.05, 4.69) is 5.32 Å². The molecule has 0 saturated heterocycles. The molecular formula is C14H15NOS. The average molecular weight is 245 g/mol. The lowest BCUT2D eigenvalue weighted by molar-refractivity contribution is 0.0916. The fraction of sp³-hybridized carbons (Fsp3) is 0.214. The van der Waals surface area contributed by atoms with Crippen LogP contribution in [0.5, 0.6) is 0 Å². The van der Waals surface area contributed by atoms with E-state index in [9.17, 15) is 4.79 Å². The highest BCUT2D eigenvalue weighted by atomic mass is 32.1. The molecular weight excluding hydrogens is 230 g/mol. The van der Waals surface area contributed by atoms with Crippen LogP contribution in [-0.4, -0.2) is 5.91 Å². The zero-order chi connectivity index (χ0) is 12.3. The molecule has 2 rings (SSSR count). The van der Waals surface area contributed by atoms with Crippen LogP contribution in [0.1, 0.15) is 29.1 Å². The van der Waals surface area contributed by atoms with Crippen molar-refractivity contribution in [2.45, 2.75) is 19.4 Å². The fourth-order valence-electron chi connectivity index (χ4n) is 1.68. The van der Waals surface area contributed by atoms with Crippen molar-refractivity contribution >= 4 is 17.2 Å². The lowest BCUT2D eigenvalue weighted by atomic mass is 9.94. The van der Waals surface area contributed by atoms with Gasteiger partial charge in [0, 0.05) is 0 Å². The van der Waals surface area contributed by atoms with Gasteiger partial charge in [-0.15, -0.1) is 11.3 Å². The number of rotatable bonds is 3. The van der Waals surface area contributed by atoms with Crippen LogP contribution in [0.25, 0.3) is 0 Å². The second-order valence-electron chi connectivity index (χ2n) is 4.42. The molecule has 0 aliphatic heterocycles. The van der Waals surface area contributed by atoms with E-state index in [1.54, 1.807) is 0 Å². The number of benzene rings is 1. The van der Waals surface area contributed by atoms with E-state index in [0.717, 1.165) is 10.4 Å². The summed E-state index contributed by atoms with van der Waals surface area (Å²) in [6.45, 7) is 4.02. The van der Waals surface area contributed by atoms with Crippen molar-refractivity contribution in [2.24, 2.45) is 0 Å². The van der Waals surface area contributed by atoms with Crippen LogP contribution in [0, 0.1) is 0 Å². The van der Waals surface area contributed by atoms with Gasteiger partial charge < -0.3 is 5.32 Å². The number of hydrogen-bond acceptors (Lipinski definition) is 2. The van der Waals surface area contributed by atoms with Crippen LogP contribution in [0.2, 0.25) is 0 Å². The third-order valence-corrected chi connectivity index (χ3v) is 3.54. The van der Waals surface area contributed by atoms with Gasteiger partial charge in [-0.2, -0.15) is 0 Å². The van der Waals surface area contributed by atoms with Gasteiger partial charge in [0.2, 0.25) is 0 Å². The van der Waals surface area contributed by atoms with Crippen LogP contribution in [0.4, 0.5) is 0 Å². The molecule has 1 aromatic carbocycles. The number of amides is 1. The topological polar surface area (TPSA) is 29.1 Å². The maximum absolute atomic E-state index is 12.0. The second kappa shape index (κ2) is 4.72. The Morgan fingerprint density at radius 2 is 1.82 bits per heavy atom. The molecule has 0 aliphatic carbocycles. The van der Waals surface area contributed by atoms with Crippen LogP contribution in [0.15, 0.2) is 47.8 Å². The molecule has 0 radical (unpaired) electrons. The summed E-state index contributed by atoms with van der Waals surface area (Å²) in [7, 11) is 0. The number of hydrogen-bond donors (Lipinski definition) is 1. The van der Waals surface area contributed by atoms with Crippen molar-refractivity contribution < 1.29 is 4.79 Å². The Bertz CT molecular complexity index is 488. The maximum Gasteiger partial charge on any atom is 0.262 e. The number of nitrogens with one attached hydrogen (secondary N) is 1. The van der Waals surface area contributed by atoms with Gasteiger partial charge >= 0.3 is 0 Å². The van der Waals surface area contributed by atoms with E-state index in [-0.39, 0.29) is 11.4 Å². The minimum absolute atomic E-state index is 0.0196. The van der Waals surface area contributed by atoms with Crippen LogP contribution in [-0.2, 0) is 5.54 Å². The first kappa shape index (κ1) is 11.9. The molecule has 0 atom stereocenters. The Kier molecular flexibility index (Phi) is 3.29. The standard InChI is InChI=1S/C14H15NOS/c1-14(2,11-7-4-3-5-8-11)15-13(16)12-9-6-10-17-12/h3-10H,1-2H3,(H,15,16). The highest BCUT2D eigenvalue weighted by molar-refractivity contribution is 7.12. The molecule has 0 unspecified atom stereocenters. The van der Waals surface area contributed by atoms with E-state index >= 15 is 0 Å². The van der Waals surface area contributed by atoms with Gasteiger partial charge in [-0.05, 0) is 30.9 Å². The maximum atomic E-state index is 12.0. The molecule has 0 fully saturated rings. The van der Waals surface area contributed by atoms with Crippen LogP contribution in [0.3, 0.4) is 0 Å². The summed E-state index contributed by atoms with van der Waals surface area (Å²) >= 11 is 1.45. The molecule has 3 heteroatoms. The zero-order valence-electron chi connectivity index (χ0n) is 9.94. The predicted molar refractivity (Wildman–Crippen MR) is 71.3 cm³/mol. The number of thiophene rings is 1. The Labute approximate surface area is 105 Å². The molecule has 1 aromatic heterocycles. The van der Waals surface area contributed by atoms with Gasteiger partial charge in [-0.25, -0.2) is 0 Å². The summed E-state index contributed by atoms with van der Waals surface area (Å²) < 4.78 is 0. The van der Waals surface area contributed by atoms with Crippen molar-refractivity contribution in [1.82, 2.24) is 5.32 Å². The third-order valence-electron chi connectivity index (χ3n) is 2.67. The Balaban J connectivity index is 2.15. The number of carbonyl (C=O) groups excluding carboxylic acids is 1. The Hall–Kier alpha value is -1.61. The molecule has 2 aromatic rings. The van der Waals surface area contributed by atoms with E-state index in [4.69, 9.17) is 0 Å². The number of carbonyl (C=O) groups is 1. The molecule has 2 nitrogen and oxygen atoms in total.